The van der Waals surface area contributed by atoms with Crippen molar-refractivity contribution < 1.29 is 14.3 Å². The number of carbonyl (C=O) groups is 1. The maximum atomic E-state index is 13.4. The van der Waals surface area contributed by atoms with Crippen LogP contribution in [0.1, 0.15) is 17.5 Å². The van der Waals surface area contributed by atoms with Crippen LogP contribution in [0.4, 0.5) is 0 Å². The third-order valence-electron chi connectivity index (χ3n) is 5.96. The second-order valence-corrected chi connectivity index (χ2v) is 7.51. The number of carbonyl (C=O) groups excluding carboxylic acids is 1. The number of ether oxygens (including phenoxy) is 2. The number of nitriles is 1. The molecule has 0 aliphatic carbocycles. The summed E-state index contributed by atoms with van der Waals surface area (Å²) in [6, 6.07) is 9.52. The number of amides is 1. The Morgan fingerprint density at radius 1 is 1.31 bits per heavy atom. The number of nitrogens with two attached hydrogens (primary N) is 1. The molecule has 3 aliphatic heterocycles. The molecule has 1 saturated heterocycles. The van der Waals surface area contributed by atoms with Gasteiger partial charge in [-0.3, -0.25) is 14.7 Å². The number of fused-ring (bicyclic) bond motifs is 4. The van der Waals surface area contributed by atoms with Gasteiger partial charge in [-0.1, -0.05) is 6.07 Å². The highest BCUT2D eigenvalue weighted by Gasteiger charge is 2.60. The molecule has 0 radical (unpaired) electrons. The van der Waals surface area contributed by atoms with E-state index in [1.165, 1.54) is 11.1 Å². The number of hydrogen-bond acceptors (Lipinski definition) is 7. The van der Waals surface area contributed by atoms with Gasteiger partial charge < -0.3 is 15.2 Å². The van der Waals surface area contributed by atoms with Crippen molar-refractivity contribution in [1.82, 2.24) is 9.88 Å². The minimum atomic E-state index is -1.17. The Kier molecular flexibility index (Phi) is 3.83. The van der Waals surface area contributed by atoms with Gasteiger partial charge in [0.15, 0.2) is 11.5 Å². The number of pyridine rings is 1. The number of benzene rings is 1. The van der Waals surface area contributed by atoms with Gasteiger partial charge in [0.1, 0.15) is 17.9 Å². The quantitative estimate of drug-likeness (QED) is 0.789. The molecule has 1 aromatic heterocycles. The summed E-state index contributed by atoms with van der Waals surface area (Å²) in [5, 5.41) is 9.19. The zero-order chi connectivity index (χ0) is 20.2. The Morgan fingerprint density at radius 3 is 2.93 bits per heavy atom. The normalized spacial score (nSPS) is 27.7. The maximum Gasteiger partial charge on any atom is 0.262 e. The summed E-state index contributed by atoms with van der Waals surface area (Å²) in [5.41, 5.74) is 7.63. The lowest BCUT2D eigenvalue weighted by atomic mass is 9.71. The molecule has 8 heteroatoms. The smallest absolute Gasteiger partial charge is 0.262 e. The van der Waals surface area contributed by atoms with Gasteiger partial charge in [-0.2, -0.15) is 5.26 Å². The molecule has 4 heterocycles. The lowest BCUT2D eigenvalue weighted by molar-refractivity contribution is -0.141. The molecular formula is C21H19N5O3. The van der Waals surface area contributed by atoms with E-state index in [1.807, 2.05) is 18.2 Å². The summed E-state index contributed by atoms with van der Waals surface area (Å²) in [6.07, 6.45) is 3.72. The molecule has 29 heavy (non-hydrogen) atoms. The summed E-state index contributed by atoms with van der Waals surface area (Å²) in [4.78, 5) is 23.6. The van der Waals surface area contributed by atoms with Crippen LogP contribution in [-0.4, -0.2) is 48.1 Å². The first-order valence-electron chi connectivity index (χ1n) is 9.42. The number of aromatic nitrogens is 1. The van der Waals surface area contributed by atoms with E-state index in [0.29, 0.717) is 36.5 Å². The molecule has 3 atom stereocenters. The van der Waals surface area contributed by atoms with Gasteiger partial charge in [-0.15, -0.1) is 0 Å². The van der Waals surface area contributed by atoms with Gasteiger partial charge in [-0.25, -0.2) is 4.99 Å². The highest BCUT2D eigenvalue weighted by atomic mass is 16.5. The van der Waals surface area contributed by atoms with E-state index in [9.17, 15) is 10.1 Å². The predicted octanol–water partition coefficient (Wildman–Crippen LogP) is 1.40. The van der Waals surface area contributed by atoms with Crippen molar-refractivity contribution in [2.45, 2.75) is 18.1 Å². The highest BCUT2D eigenvalue weighted by molar-refractivity contribution is 6.07. The highest BCUT2D eigenvalue weighted by Crippen LogP contribution is 2.51. The zero-order valence-electron chi connectivity index (χ0n) is 15.8. The Hall–Kier alpha value is -3.44. The minimum Gasteiger partial charge on any atom is -0.489 e. The molecule has 146 valence electrons. The average molecular weight is 389 g/mol. The van der Waals surface area contributed by atoms with E-state index in [0.717, 1.165) is 11.1 Å². The summed E-state index contributed by atoms with van der Waals surface area (Å²) >= 11 is 0. The van der Waals surface area contributed by atoms with E-state index >= 15 is 0 Å². The SMILES string of the molecule is CN1C(=O)[C@]2(N=C1N)c1cc(-c3cncc(C#N)c3)ccc1O[C@H]1CCOC[C@@H]12. The lowest BCUT2D eigenvalue weighted by Gasteiger charge is -2.45. The number of rotatable bonds is 1. The van der Waals surface area contributed by atoms with Crippen molar-refractivity contribution >= 4 is 11.9 Å². The minimum absolute atomic E-state index is 0.169. The average Bonchev–Trinajstić information content (AvgIpc) is 2.98. The predicted molar refractivity (Wildman–Crippen MR) is 104 cm³/mol. The van der Waals surface area contributed by atoms with Crippen molar-refractivity contribution in [3.63, 3.8) is 0 Å². The fraction of sp³-hybridized carbons (Fsp3) is 0.333. The summed E-state index contributed by atoms with van der Waals surface area (Å²) in [7, 11) is 1.63. The molecular weight excluding hydrogens is 370 g/mol. The number of nitrogens with zero attached hydrogens (tertiary/aromatic N) is 4. The van der Waals surface area contributed by atoms with E-state index in [2.05, 4.69) is 16.0 Å². The van der Waals surface area contributed by atoms with Gasteiger partial charge in [0.2, 0.25) is 0 Å². The topological polar surface area (TPSA) is 114 Å². The fourth-order valence-electron chi connectivity index (χ4n) is 4.46. The van der Waals surface area contributed by atoms with Crippen molar-refractivity contribution in [2.24, 2.45) is 16.6 Å². The third-order valence-corrected chi connectivity index (χ3v) is 5.96. The van der Waals surface area contributed by atoms with Gasteiger partial charge in [0.05, 0.1) is 24.7 Å². The third kappa shape index (κ3) is 2.44. The van der Waals surface area contributed by atoms with Crippen LogP contribution in [0.2, 0.25) is 0 Å². The summed E-state index contributed by atoms with van der Waals surface area (Å²) in [6.45, 7) is 0.955. The van der Waals surface area contributed by atoms with Crippen molar-refractivity contribution in [2.75, 3.05) is 20.3 Å². The van der Waals surface area contributed by atoms with Crippen molar-refractivity contribution in [1.29, 1.82) is 5.26 Å². The molecule has 0 saturated carbocycles. The standard InChI is InChI=1S/C21H19N5O3/c1-26-19(27)21(25-20(26)23)15-7-13(14-6-12(8-22)9-24-10-14)2-3-17(15)29-18-4-5-28-11-16(18)21/h2-3,6-7,9-10,16,18H,4-5,11H2,1H3,(H2,23,25)/t16-,18-,21-/m0/s1. The van der Waals surface area contributed by atoms with Crippen LogP contribution in [0, 0.1) is 17.2 Å². The van der Waals surface area contributed by atoms with Gasteiger partial charge in [0.25, 0.3) is 5.91 Å². The van der Waals surface area contributed by atoms with Gasteiger partial charge >= 0.3 is 0 Å². The Balaban J connectivity index is 1.72. The van der Waals surface area contributed by atoms with E-state index < -0.39 is 5.54 Å². The van der Waals surface area contributed by atoms with Crippen molar-refractivity contribution in [3.8, 4) is 22.9 Å². The van der Waals surface area contributed by atoms with Crippen molar-refractivity contribution in [3.05, 3.63) is 47.8 Å². The van der Waals surface area contributed by atoms with Crippen LogP contribution >= 0.6 is 0 Å². The Labute approximate surface area is 167 Å². The second kappa shape index (κ2) is 6.29. The molecule has 1 aromatic carbocycles. The summed E-state index contributed by atoms with van der Waals surface area (Å²) in [5.74, 6) is 0.367. The van der Waals surface area contributed by atoms with Crippen LogP contribution in [0.15, 0.2) is 41.7 Å². The molecule has 1 spiro atoms. The van der Waals surface area contributed by atoms with E-state index in [4.69, 9.17) is 15.2 Å². The molecule has 2 N–H and O–H groups in total. The number of hydrogen-bond donors (Lipinski definition) is 1. The van der Waals surface area contributed by atoms with E-state index in [-0.39, 0.29) is 23.9 Å². The molecule has 5 rings (SSSR count). The molecule has 8 nitrogen and oxygen atoms in total. The Morgan fingerprint density at radius 2 is 2.17 bits per heavy atom. The van der Waals surface area contributed by atoms with Gasteiger partial charge in [-0.05, 0) is 23.8 Å². The molecule has 3 aliphatic rings. The number of guanidine groups is 1. The molecule has 0 bridgehead atoms. The first-order chi connectivity index (χ1) is 14.0. The maximum absolute atomic E-state index is 13.4. The number of aliphatic imine (C=N–C) groups is 1. The van der Waals surface area contributed by atoms with E-state index in [1.54, 1.807) is 19.3 Å². The van der Waals surface area contributed by atoms with Crippen LogP contribution in [-0.2, 0) is 15.1 Å². The van der Waals surface area contributed by atoms with Crippen LogP contribution in [0.3, 0.4) is 0 Å². The lowest BCUT2D eigenvalue weighted by Crippen LogP contribution is -2.56. The largest absolute Gasteiger partial charge is 0.489 e. The van der Waals surface area contributed by atoms with Crippen LogP contribution in [0.25, 0.3) is 11.1 Å². The fourth-order valence-corrected chi connectivity index (χ4v) is 4.46. The first-order valence-corrected chi connectivity index (χ1v) is 9.42. The molecule has 0 unspecified atom stereocenters. The Bertz CT molecular complexity index is 1090. The molecule has 2 aromatic rings. The van der Waals surface area contributed by atoms with Gasteiger partial charge in [0, 0.05) is 37.0 Å². The molecule has 1 amide bonds. The van der Waals surface area contributed by atoms with Crippen LogP contribution in [0.5, 0.6) is 5.75 Å². The van der Waals surface area contributed by atoms with Crippen LogP contribution < -0.4 is 10.5 Å². The zero-order valence-corrected chi connectivity index (χ0v) is 15.8. The number of likely N-dealkylation sites (N-methyl/N-ethyl adjacent to an activating group) is 1. The summed E-state index contributed by atoms with van der Waals surface area (Å²) < 4.78 is 11.9. The molecule has 1 fully saturated rings. The monoisotopic (exact) mass is 389 g/mol. The first kappa shape index (κ1) is 17.6. The second-order valence-electron chi connectivity index (χ2n) is 7.51.